The highest BCUT2D eigenvalue weighted by Gasteiger charge is 2.34. The fourth-order valence-electron chi connectivity index (χ4n) is 2.34. The van der Waals surface area contributed by atoms with Crippen LogP contribution in [0, 0.1) is 0 Å². The van der Waals surface area contributed by atoms with Crippen LogP contribution in [0.3, 0.4) is 0 Å². The summed E-state index contributed by atoms with van der Waals surface area (Å²) < 4.78 is 39.1. The number of carbonyl (C=O) groups is 2. The van der Waals surface area contributed by atoms with E-state index in [2.05, 4.69) is 25.6 Å². The van der Waals surface area contributed by atoms with Crippen molar-refractivity contribution in [1.29, 1.82) is 0 Å². The van der Waals surface area contributed by atoms with Gasteiger partial charge in [0.2, 0.25) is 0 Å². The molecule has 0 aliphatic carbocycles. The van der Waals surface area contributed by atoms with Crippen molar-refractivity contribution < 1.29 is 27.9 Å². The zero-order chi connectivity index (χ0) is 22.8. The van der Waals surface area contributed by atoms with Gasteiger partial charge in [0.05, 0.1) is 28.3 Å². The lowest BCUT2D eigenvalue weighted by Gasteiger charge is -2.12. The van der Waals surface area contributed by atoms with Gasteiger partial charge in [-0.3, -0.25) is 14.6 Å². The third-order valence-corrected chi connectivity index (χ3v) is 5.05. The molecular formula is C17H10Cl2F3N5O3S. The molecule has 0 atom stereocenters. The van der Waals surface area contributed by atoms with Crippen LogP contribution in [0.4, 0.5) is 18.2 Å². The van der Waals surface area contributed by atoms with Crippen molar-refractivity contribution in [2.45, 2.75) is 12.7 Å². The first-order chi connectivity index (χ1) is 14.6. The van der Waals surface area contributed by atoms with Crippen LogP contribution in [0.5, 0.6) is 5.75 Å². The average molecular weight is 492 g/mol. The van der Waals surface area contributed by atoms with Crippen molar-refractivity contribution in [3.63, 3.8) is 0 Å². The Balaban J connectivity index is 1.73. The number of hydrogen-bond acceptors (Lipinski definition) is 7. The minimum Gasteiger partial charge on any atom is -0.504 e. The average Bonchev–Trinajstić information content (AvgIpc) is 3.17. The molecule has 3 aromatic heterocycles. The molecule has 3 N–H and O–H groups in total. The quantitative estimate of drug-likeness (QED) is 0.461. The van der Waals surface area contributed by atoms with Gasteiger partial charge in [-0.05, 0) is 18.2 Å². The number of alkyl halides is 3. The van der Waals surface area contributed by atoms with Gasteiger partial charge < -0.3 is 15.7 Å². The number of nitrogens with one attached hydrogen (secondary N) is 2. The summed E-state index contributed by atoms with van der Waals surface area (Å²) in [5.74, 6) is -2.12. The van der Waals surface area contributed by atoms with Gasteiger partial charge in [0.1, 0.15) is 10.7 Å². The maximum Gasteiger partial charge on any atom is 0.418 e. The molecule has 0 bridgehead atoms. The normalized spacial score (nSPS) is 11.3. The molecule has 2 amide bonds. The van der Waals surface area contributed by atoms with Crippen LogP contribution in [-0.4, -0.2) is 31.9 Å². The molecule has 162 valence electrons. The second-order valence-electron chi connectivity index (χ2n) is 5.79. The standard InChI is InChI=1S/C17H10Cl2F3N5O3S/c18-8-4-9(26-13(19)12(8)28)14(29)27-16-11(25-6-31-16)15(30)24-5-10-7(17(20,21)22)2-1-3-23-10/h1-4,6,28H,5H2,(H,24,30)(H,27,29). The molecule has 0 fully saturated rings. The number of aromatic nitrogens is 3. The molecule has 0 saturated heterocycles. The SMILES string of the molecule is O=C(Nc1scnc1C(=O)NCc1ncccc1C(F)(F)F)c1cc(Cl)c(O)c(Cl)n1. The van der Waals surface area contributed by atoms with Gasteiger partial charge in [0.15, 0.2) is 16.6 Å². The predicted molar refractivity (Wildman–Crippen MR) is 106 cm³/mol. The predicted octanol–water partition coefficient (Wildman–Crippen LogP) is 4.15. The van der Waals surface area contributed by atoms with Gasteiger partial charge in [0.25, 0.3) is 11.8 Å². The van der Waals surface area contributed by atoms with Crippen molar-refractivity contribution in [3.05, 3.63) is 62.7 Å². The van der Waals surface area contributed by atoms with E-state index < -0.39 is 41.0 Å². The molecule has 0 aliphatic heterocycles. The molecule has 0 aliphatic rings. The fourth-order valence-corrected chi connectivity index (χ4v) is 3.45. The number of halogens is 5. The highest BCUT2D eigenvalue weighted by Crippen LogP contribution is 2.32. The van der Waals surface area contributed by atoms with E-state index >= 15 is 0 Å². The van der Waals surface area contributed by atoms with Crippen LogP contribution < -0.4 is 10.6 Å². The first-order valence-electron chi connectivity index (χ1n) is 8.17. The van der Waals surface area contributed by atoms with E-state index in [1.165, 1.54) is 11.7 Å². The van der Waals surface area contributed by atoms with Gasteiger partial charge in [-0.25, -0.2) is 9.97 Å². The highest BCUT2D eigenvalue weighted by atomic mass is 35.5. The number of carbonyl (C=O) groups excluding carboxylic acids is 2. The summed E-state index contributed by atoms with van der Waals surface area (Å²) in [5.41, 5.74) is -0.554. The summed E-state index contributed by atoms with van der Waals surface area (Å²) >= 11 is 12.3. The van der Waals surface area contributed by atoms with Crippen LogP contribution in [-0.2, 0) is 12.7 Å². The van der Waals surface area contributed by atoms with Crippen molar-refractivity contribution in [2.75, 3.05) is 5.32 Å². The van der Waals surface area contributed by atoms with Gasteiger partial charge in [-0.2, -0.15) is 13.2 Å². The Kier molecular flexibility index (Phi) is 6.62. The summed E-state index contributed by atoms with van der Waals surface area (Å²) in [6, 6.07) is 3.06. The Bertz CT molecular complexity index is 1130. The Morgan fingerprint density at radius 3 is 2.61 bits per heavy atom. The van der Waals surface area contributed by atoms with E-state index in [9.17, 15) is 27.9 Å². The molecule has 3 heterocycles. The van der Waals surface area contributed by atoms with Crippen LogP contribution in [0.15, 0.2) is 29.9 Å². The number of rotatable bonds is 5. The molecule has 0 unspecified atom stereocenters. The summed E-state index contributed by atoms with van der Waals surface area (Å²) in [5, 5.41) is 13.6. The van der Waals surface area contributed by atoms with Crippen molar-refractivity contribution in [1.82, 2.24) is 20.3 Å². The summed E-state index contributed by atoms with van der Waals surface area (Å²) in [6.07, 6.45) is -3.46. The van der Waals surface area contributed by atoms with Gasteiger partial charge in [-0.1, -0.05) is 23.2 Å². The minimum atomic E-state index is -4.63. The number of hydrogen-bond donors (Lipinski definition) is 3. The fraction of sp³-hybridized carbons (Fsp3) is 0.118. The molecular weight excluding hydrogens is 482 g/mol. The number of anilines is 1. The molecule has 0 radical (unpaired) electrons. The third-order valence-electron chi connectivity index (χ3n) is 3.76. The van der Waals surface area contributed by atoms with E-state index in [1.54, 1.807) is 0 Å². The van der Waals surface area contributed by atoms with Gasteiger partial charge >= 0.3 is 6.18 Å². The maximum atomic E-state index is 13.0. The Morgan fingerprint density at radius 1 is 1.19 bits per heavy atom. The number of amides is 2. The molecule has 0 aromatic carbocycles. The Morgan fingerprint density at radius 2 is 1.94 bits per heavy atom. The first-order valence-corrected chi connectivity index (χ1v) is 9.80. The molecule has 8 nitrogen and oxygen atoms in total. The third kappa shape index (κ3) is 5.21. The van der Waals surface area contributed by atoms with Crippen molar-refractivity contribution in [2.24, 2.45) is 0 Å². The summed E-state index contributed by atoms with van der Waals surface area (Å²) in [7, 11) is 0. The van der Waals surface area contributed by atoms with E-state index in [4.69, 9.17) is 23.2 Å². The second-order valence-corrected chi connectivity index (χ2v) is 7.41. The van der Waals surface area contributed by atoms with Gasteiger partial charge in [-0.15, -0.1) is 11.3 Å². The highest BCUT2D eigenvalue weighted by molar-refractivity contribution is 7.14. The number of pyridine rings is 2. The zero-order valence-electron chi connectivity index (χ0n) is 15.0. The second kappa shape index (κ2) is 9.04. The first kappa shape index (κ1) is 22.7. The van der Waals surface area contributed by atoms with Crippen LogP contribution >= 0.6 is 34.5 Å². The molecule has 3 rings (SSSR count). The molecule has 3 aromatic rings. The lowest BCUT2D eigenvalue weighted by atomic mass is 10.2. The van der Waals surface area contributed by atoms with Crippen molar-refractivity contribution in [3.8, 4) is 5.75 Å². The lowest BCUT2D eigenvalue weighted by Crippen LogP contribution is -2.26. The van der Waals surface area contributed by atoms with E-state index in [-0.39, 0.29) is 27.1 Å². The number of thiazole rings is 1. The smallest absolute Gasteiger partial charge is 0.418 e. The molecule has 0 saturated carbocycles. The molecule has 14 heteroatoms. The number of aromatic hydroxyl groups is 1. The maximum absolute atomic E-state index is 13.0. The van der Waals surface area contributed by atoms with E-state index in [0.29, 0.717) is 0 Å². The number of nitrogens with zero attached hydrogens (tertiary/aromatic N) is 3. The lowest BCUT2D eigenvalue weighted by molar-refractivity contribution is -0.138. The Hall–Kier alpha value is -2.96. The topological polar surface area (TPSA) is 117 Å². The van der Waals surface area contributed by atoms with Crippen LogP contribution in [0.2, 0.25) is 10.2 Å². The summed E-state index contributed by atoms with van der Waals surface area (Å²) in [4.78, 5) is 36.0. The van der Waals surface area contributed by atoms with Crippen molar-refractivity contribution >= 4 is 51.4 Å². The van der Waals surface area contributed by atoms with Gasteiger partial charge in [0, 0.05) is 6.20 Å². The molecule has 0 spiro atoms. The Labute approximate surface area is 186 Å². The van der Waals surface area contributed by atoms with E-state index in [0.717, 1.165) is 29.5 Å². The van der Waals surface area contributed by atoms with Crippen LogP contribution in [0.1, 0.15) is 32.2 Å². The monoisotopic (exact) mass is 491 g/mol. The van der Waals surface area contributed by atoms with E-state index in [1.807, 2.05) is 0 Å². The van der Waals surface area contributed by atoms with Crippen LogP contribution in [0.25, 0.3) is 0 Å². The minimum absolute atomic E-state index is 0.0154. The largest absolute Gasteiger partial charge is 0.504 e. The summed E-state index contributed by atoms with van der Waals surface area (Å²) in [6.45, 7) is -0.510. The molecule has 31 heavy (non-hydrogen) atoms. The zero-order valence-corrected chi connectivity index (χ0v) is 17.3.